The van der Waals surface area contributed by atoms with Crippen LogP contribution in [0.2, 0.25) is 0 Å². The maximum atomic E-state index is 13.3. The number of ether oxygens (including phenoxy) is 1. The molecule has 1 aromatic carbocycles. The van der Waals surface area contributed by atoms with Crippen LogP contribution in [0.3, 0.4) is 0 Å². The Morgan fingerprint density at radius 3 is 2.66 bits per heavy atom. The summed E-state index contributed by atoms with van der Waals surface area (Å²) in [4.78, 5) is 66.4. The van der Waals surface area contributed by atoms with Gasteiger partial charge in [0.1, 0.15) is 23.0 Å². The molecule has 0 radical (unpaired) electrons. The van der Waals surface area contributed by atoms with Crippen LogP contribution in [0.5, 0.6) is 0 Å². The molecule has 200 valence electrons. The smallest absolute Gasteiger partial charge is 0.407 e. The first kappa shape index (κ1) is 26.5. The van der Waals surface area contributed by atoms with E-state index in [9.17, 15) is 24.0 Å². The predicted octanol–water partition coefficient (Wildman–Crippen LogP) is 1.66. The fourth-order valence-corrected chi connectivity index (χ4v) is 4.11. The number of piperidine rings is 1. The molecule has 1 aliphatic rings. The highest BCUT2D eigenvalue weighted by molar-refractivity contribution is 6.07. The number of carbonyl (C=O) groups is 4. The lowest BCUT2D eigenvalue weighted by atomic mass is 10.1. The summed E-state index contributed by atoms with van der Waals surface area (Å²) in [5.74, 6) is -1.16. The highest BCUT2D eigenvalue weighted by Crippen LogP contribution is 2.23. The van der Waals surface area contributed by atoms with Crippen molar-refractivity contribution in [2.75, 3.05) is 11.9 Å². The van der Waals surface area contributed by atoms with Crippen molar-refractivity contribution >= 4 is 40.4 Å². The van der Waals surface area contributed by atoms with E-state index in [2.05, 4.69) is 26.0 Å². The lowest BCUT2D eigenvalue weighted by Gasteiger charge is -2.24. The third-order valence-corrected chi connectivity index (χ3v) is 5.76. The van der Waals surface area contributed by atoms with Crippen molar-refractivity contribution in [1.29, 1.82) is 0 Å². The third kappa shape index (κ3) is 5.88. The first-order valence-electron chi connectivity index (χ1n) is 12.1. The summed E-state index contributed by atoms with van der Waals surface area (Å²) in [6.45, 7) is 7.48. The lowest BCUT2D eigenvalue weighted by Crippen LogP contribution is -2.45. The van der Waals surface area contributed by atoms with Crippen molar-refractivity contribution in [3.05, 3.63) is 52.3 Å². The van der Waals surface area contributed by atoms with Gasteiger partial charge in [-0.25, -0.2) is 9.78 Å². The molecule has 0 aliphatic carbocycles. The molecule has 38 heavy (non-hydrogen) atoms. The molecular weight excluding hydrogens is 494 g/mol. The van der Waals surface area contributed by atoms with Crippen molar-refractivity contribution < 1.29 is 23.9 Å². The second-order valence-electron chi connectivity index (χ2n) is 9.85. The number of aromatic nitrogens is 4. The van der Waals surface area contributed by atoms with Crippen LogP contribution in [-0.2, 0) is 20.9 Å². The Balaban J connectivity index is 1.48. The van der Waals surface area contributed by atoms with Gasteiger partial charge in [0, 0.05) is 19.2 Å². The fourth-order valence-electron chi connectivity index (χ4n) is 4.11. The number of imide groups is 1. The number of benzene rings is 1. The summed E-state index contributed by atoms with van der Waals surface area (Å²) < 4.78 is 7.97. The molecule has 1 saturated heterocycles. The van der Waals surface area contributed by atoms with Crippen molar-refractivity contribution in [2.24, 2.45) is 0 Å². The van der Waals surface area contributed by atoms with E-state index in [1.54, 1.807) is 52.1 Å². The van der Waals surface area contributed by atoms with Crippen LogP contribution in [0, 0.1) is 6.92 Å². The van der Waals surface area contributed by atoms with Crippen molar-refractivity contribution in [3.8, 4) is 0 Å². The number of amides is 4. The number of hydrogen-bond donors (Lipinski definition) is 3. The molecule has 0 bridgehead atoms. The van der Waals surface area contributed by atoms with Crippen molar-refractivity contribution in [3.63, 3.8) is 0 Å². The van der Waals surface area contributed by atoms with E-state index in [0.29, 0.717) is 12.2 Å². The van der Waals surface area contributed by atoms with Gasteiger partial charge >= 0.3 is 6.09 Å². The summed E-state index contributed by atoms with van der Waals surface area (Å²) in [6, 6.07) is 5.47. The zero-order valence-corrected chi connectivity index (χ0v) is 21.5. The molecule has 13 heteroatoms. The first-order valence-corrected chi connectivity index (χ1v) is 12.1. The average molecular weight is 524 g/mol. The fraction of sp³-hybridized carbons (Fsp3) is 0.400. The van der Waals surface area contributed by atoms with Gasteiger partial charge in [-0.1, -0.05) is 6.07 Å². The van der Waals surface area contributed by atoms with Crippen LogP contribution in [0.4, 0.5) is 10.5 Å². The summed E-state index contributed by atoms with van der Waals surface area (Å²) in [5.41, 5.74) is -0.335. The van der Waals surface area contributed by atoms with Crippen LogP contribution >= 0.6 is 0 Å². The molecule has 13 nitrogen and oxygen atoms in total. The van der Waals surface area contributed by atoms with Gasteiger partial charge in [-0.05, 0) is 52.3 Å². The standard InChI is InChI=1S/C25H29N7O6/c1-14-27-20-15(23(36)32(14)18-8-9-19(33)29-22(18)35)6-5-7-16(20)28-21(34)17-10-12-31(30-17)13-11-26-24(37)38-25(2,3)4/h5-7,10,12,18H,8-9,11,13H2,1-4H3,(H,26,37)(H,28,34)(H,29,33,35). The van der Waals surface area contributed by atoms with E-state index in [4.69, 9.17) is 4.74 Å². The van der Waals surface area contributed by atoms with Crippen molar-refractivity contribution in [1.82, 2.24) is 30.0 Å². The van der Waals surface area contributed by atoms with Gasteiger partial charge in [-0.2, -0.15) is 5.10 Å². The van der Waals surface area contributed by atoms with Crippen LogP contribution in [-0.4, -0.2) is 55.3 Å². The molecule has 4 rings (SSSR count). The number of anilines is 1. The highest BCUT2D eigenvalue weighted by Gasteiger charge is 2.30. The molecule has 1 unspecified atom stereocenters. The number of alkyl carbamates (subject to hydrolysis) is 1. The minimum atomic E-state index is -0.843. The first-order chi connectivity index (χ1) is 17.9. The largest absolute Gasteiger partial charge is 0.444 e. The Hall–Kier alpha value is -4.55. The van der Waals surface area contributed by atoms with Gasteiger partial charge in [-0.3, -0.25) is 33.7 Å². The Morgan fingerprint density at radius 1 is 1.18 bits per heavy atom. The van der Waals surface area contributed by atoms with Gasteiger partial charge in [-0.15, -0.1) is 0 Å². The maximum Gasteiger partial charge on any atom is 0.407 e. The van der Waals surface area contributed by atoms with Crippen LogP contribution in [0.1, 0.15) is 56.0 Å². The van der Waals surface area contributed by atoms with Crippen molar-refractivity contribution in [2.45, 2.75) is 58.7 Å². The predicted molar refractivity (Wildman–Crippen MR) is 137 cm³/mol. The molecule has 1 fully saturated rings. The molecule has 2 aromatic heterocycles. The topological polar surface area (TPSA) is 166 Å². The van der Waals surface area contributed by atoms with Crippen LogP contribution < -0.4 is 21.5 Å². The third-order valence-electron chi connectivity index (χ3n) is 5.76. The van der Waals surface area contributed by atoms with E-state index in [0.717, 1.165) is 0 Å². The van der Waals surface area contributed by atoms with E-state index in [-0.39, 0.29) is 47.7 Å². The van der Waals surface area contributed by atoms with Gasteiger partial charge < -0.3 is 15.4 Å². The van der Waals surface area contributed by atoms with E-state index >= 15 is 0 Å². The SMILES string of the molecule is Cc1nc2c(NC(=O)c3ccn(CCNC(=O)OC(C)(C)C)n3)cccc2c(=O)n1C1CCC(=O)NC1=O. The number of aryl methyl sites for hydroxylation is 1. The molecular formula is C25H29N7O6. The maximum absolute atomic E-state index is 13.3. The molecule has 3 N–H and O–H groups in total. The second-order valence-corrected chi connectivity index (χ2v) is 9.85. The quantitative estimate of drug-likeness (QED) is 0.410. The normalized spacial score (nSPS) is 15.7. The number of nitrogens with zero attached hydrogens (tertiary/aromatic N) is 4. The van der Waals surface area contributed by atoms with Gasteiger partial charge in [0.2, 0.25) is 11.8 Å². The Bertz CT molecular complexity index is 1480. The summed E-state index contributed by atoms with van der Waals surface area (Å²) >= 11 is 0. The minimum absolute atomic E-state index is 0.125. The summed E-state index contributed by atoms with van der Waals surface area (Å²) in [7, 11) is 0. The number of hydrogen-bond acceptors (Lipinski definition) is 8. The number of fused-ring (bicyclic) bond motifs is 1. The summed E-state index contributed by atoms with van der Waals surface area (Å²) in [5, 5.41) is 12.1. The Labute approximate surface area is 217 Å². The number of para-hydroxylation sites is 1. The minimum Gasteiger partial charge on any atom is -0.444 e. The van der Waals surface area contributed by atoms with E-state index in [1.165, 1.54) is 15.3 Å². The van der Waals surface area contributed by atoms with Gasteiger partial charge in [0.25, 0.3) is 11.5 Å². The highest BCUT2D eigenvalue weighted by atomic mass is 16.6. The Kier molecular flexibility index (Phi) is 7.28. The van der Waals surface area contributed by atoms with Gasteiger partial charge in [0.15, 0.2) is 5.69 Å². The molecule has 0 saturated carbocycles. The molecule has 0 spiro atoms. The number of nitrogens with one attached hydrogen (secondary N) is 3. The van der Waals surface area contributed by atoms with E-state index in [1.807, 2.05) is 0 Å². The number of carbonyl (C=O) groups excluding carboxylic acids is 4. The molecule has 3 aromatic rings. The molecule has 1 aliphatic heterocycles. The molecule has 4 amide bonds. The Morgan fingerprint density at radius 2 is 1.95 bits per heavy atom. The average Bonchev–Trinajstić information content (AvgIpc) is 3.29. The second kappa shape index (κ2) is 10.4. The lowest BCUT2D eigenvalue weighted by molar-refractivity contribution is -0.135. The monoisotopic (exact) mass is 523 g/mol. The van der Waals surface area contributed by atoms with Crippen LogP contribution in [0.15, 0.2) is 35.3 Å². The summed E-state index contributed by atoms with van der Waals surface area (Å²) in [6.07, 6.45) is 1.39. The zero-order chi connectivity index (χ0) is 27.6. The van der Waals surface area contributed by atoms with Gasteiger partial charge in [0.05, 0.1) is 17.6 Å². The molecule has 3 heterocycles. The zero-order valence-electron chi connectivity index (χ0n) is 21.5. The van der Waals surface area contributed by atoms with E-state index < -0.39 is 35.1 Å². The number of rotatable bonds is 6. The molecule has 1 atom stereocenters. The van der Waals surface area contributed by atoms with Crippen LogP contribution in [0.25, 0.3) is 10.9 Å².